The lowest BCUT2D eigenvalue weighted by Crippen LogP contribution is -2.53. The van der Waals surface area contributed by atoms with Crippen molar-refractivity contribution in [2.45, 2.75) is 85.1 Å². The molecule has 1 aliphatic rings. The summed E-state index contributed by atoms with van der Waals surface area (Å²) in [5, 5.41) is 16.0. The largest absolute Gasteiger partial charge is 0.444 e. The van der Waals surface area contributed by atoms with E-state index in [4.69, 9.17) is 11.2 Å². The molecule has 1 unspecified atom stereocenters. The Balaban J connectivity index is 2.18. The van der Waals surface area contributed by atoms with E-state index in [1.165, 1.54) is 0 Å². The second-order valence-electron chi connectivity index (χ2n) is 11.2. The molecule has 1 aromatic carbocycles. The molecule has 34 heavy (non-hydrogen) atoms. The maximum atomic E-state index is 13.6. The van der Waals surface area contributed by atoms with Crippen LogP contribution in [0.2, 0.25) is 0 Å². The Hall–Kier alpha value is -2.85. The SMILES string of the molecule is C#Cc1ccc([C@H](C)NC(=O)[C@@H]2C[C@@H](O)CC2C(=O)[C@@H](NC(=O)OC(C)(C)C)C(C)(C)C)cc1. The topological polar surface area (TPSA) is 105 Å². The van der Waals surface area contributed by atoms with E-state index < -0.39 is 41.1 Å². The summed E-state index contributed by atoms with van der Waals surface area (Å²) in [6, 6.07) is 6.15. The highest BCUT2D eigenvalue weighted by atomic mass is 16.6. The molecule has 0 saturated heterocycles. The minimum Gasteiger partial charge on any atom is -0.444 e. The van der Waals surface area contributed by atoms with Crippen molar-refractivity contribution in [1.82, 2.24) is 10.6 Å². The Morgan fingerprint density at radius 1 is 1.03 bits per heavy atom. The molecule has 0 spiro atoms. The minimum absolute atomic E-state index is 0.171. The molecule has 3 N–H and O–H groups in total. The van der Waals surface area contributed by atoms with Gasteiger partial charge in [-0.25, -0.2) is 4.79 Å². The molecule has 2 amide bonds. The van der Waals surface area contributed by atoms with Gasteiger partial charge in [-0.1, -0.05) is 38.8 Å². The molecule has 5 atom stereocenters. The fourth-order valence-electron chi connectivity index (χ4n) is 4.24. The smallest absolute Gasteiger partial charge is 0.408 e. The number of benzene rings is 1. The lowest BCUT2D eigenvalue weighted by molar-refractivity contribution is -0.135. The third-order valence-corrected chi connectivity index (χ3v) is 5.99. The summed E-state index contributed by atoms with van der Waals surface area (Å²) in [7, 11) is 0. The van der Waals surface area contributed by atoms with Gasteiger partial charge in [0, 0.05) is 11.5 Å². The average Bonchev–Trinajstić information content (AvgIpc) is 3.11. The molecule has 0 aromatic heterocycles. The molecular formula is C27H38N2O5. The Morgan fingerprint density at radius 3 is 2.09 bits per heavy atom. The number of hydrogen-bond acceptors (Lipinski definition) is 5. The molecule has 1 aromatic rings. The quantitative estimate of drug-likeness (QED) is 0.550. The van der Waals surface area contributed by atoms with Gasteiger partial charge in [0.1, 0.15) is 5.60 Å². The molecule has 1 saturated carbocycles. The van der Waals surface area contributed by atoms with E-state index in [2.05, 4.69) is 16.6 Å². The van der Waals surface area contributed by atoms with Crippen molar-refractivity contribution in [3.63, 3.8) is 0 Å². The van der Waals surface area contributed by atoms with Gasteiger partial charge in [-0.3, -0.25) is 9.59 Å². The molecule has 0 aliphatic heterocycles. The van der Waals surface area contributed by atoms with E-state index in [0.29, 0.717) is 0 Å². The van der Waals surface area contributed by atoms with Crippen LogP contribution in [0.1, 0.15) is 78.5 Å². The highest BCUT2D eigenvalue weighted by molar-refractivity contribution is 5.94. The van der Waals surface area contributed by atoms with E-state index in [1.807, 2.05) is 39.8 Å². The lowest BCUT2D eigenvalue weighted by atomic mass is 9.77. The molecule has 0 bridgehead atoms. The van der Waals surface area contributed by atoms with E-state index >= 15 is 0 Å². The van der Waals surface area contributed by atoms with Crippen LogP contribution in [0.3, 0.4) is 0 Å². The van der Waals surface area contributed by atoms with Crippen molar-refractivity contribution in [3.8, 4) is 12.3 Å². The number of hydrogen-bond donors (Lipinski definition) is 3. The zero-order chi connectivity index (χ0) is 25.8. The van der Waals surface area contributed by atoms with Crippen LogP contribution in [-0.2, 0) is 14.3 Å². The van der Waals surface area contributed by atoms with Gasteiger partial charge in [-0.15, -0.1) is 6.42 Å². The Bertz CT molecular complexity index is 934. The van der Waals surface area contributed by atoms with Crippen molar-refractivity contribution >= 4 is 17.8 Å². The first-order valence-corrected chi connectivity index (χ1v) is 11.7. The number of Topliss-reactive ketones (excluding diaryl/α,β-unsaturated/α-hetero) is 1. The molecule has 2 rings (SSSR count). The first kappa shape index (κ1) is 27.4. The molecule has 1 aliphatic carbocycles. The van der Waals surface area contributed by atoms with E-state index in [1.54, 1.807) is 32.9 Å². The number of nitrogens with one attached hydrogen (secondary N) is 2. The number of rotatable bonds is 6. The summed E-state index contributed by atoms with van der Waals surface area (Å²) < 4.78 is 5.35. The monoisotopic (exact) mass is 470 g/mol. The van der Waals surface area contributed by atoms with Crippen molar-refractivity contribution < 1.29 is 24.2 Å². The summed E-state index contributed by atoms with van der Waals surface area (Å²) in [6.45, 7) is 12.6. The Labute approximate surface area is 203 Å². The maximum Gasteiger partial charge on any atom is 0.408 e. The van der Waals surface area contributed by atoms with Gasteiger partial charge in [-0.2, -0.15) is 0 Å². The summed E-state index contributed by atoms with van der Waals surface area (Å²) in [4.78, 5) is 39.2. The number of aliphatic hydroxyl groups excluding tert-OH is 1. The first-order valence-electron chi connectivity index (χ1n) is 11.7. The Kier molecular flexibility index (Phi) is 8.54. The number of carbonyl (C=O) groups excluding carboxylic acids is 3. The molecule has 1 fully saturated rings. The highest BCUT2D eigenvalue weighted by Crippen LogP contribution is 2.37. The van der Waals surface area contributed by atoms with Crippen LogP contribution in [-0.4, -0.2) is 40.6 Å². The molecule has 0 heterocycles. The van der Waals surface area contributed by atoms with Gasteiger partial charge >= 0.3 is 6.09 Å². The van der Waals surface area contributed by atoms with Gasteiger partial charge < -0.3 is 20.5 Å². The van der Waals surface area contributed by atoms with Crippen LogP contribution in [0.5, 0.6) is 0 Å². The van der Waals surface area contributed by atoms with Crippen LogP contribution in [0, 0.1) is 29.6 Å². The number of terminal acetylenes is 1. The summed E-state index contributed by atoms with van der Waals surface area (Å²) in [5.74, 6) is 0.572. The predicted molar refractivity (Wildman–Crippen MR) is 131 cm³/mol. The molecule has 186 valence electrons. The number of aliphatic hydroxyl groups is 1. The minimum atomic E-state index is -0.873. The lowest BCUT2D eigenvalue weighted by Gasteiger charge is -2.34. The zero-order valence-corrected chi connectivity index (χ0v) is 21.3. The van der Waals surface area contributed by atoms with Gasteiger partial charge in [0.2, 0.25) is 5.91 Å². The second-order valence-corrected chi connectivity index (χ2v) is 11.2. The van der Waals surface area contributed by atoms with E-state index in [9.17, 15) is 19.5 Å². The van der Waals surface area contributed by atoms with Crippen molar-refractivity contribution in [3.05, 3.63) is 35.4 Å². The van der Waals surface area contributed by atoms with Crippen molar-refractivity contribution in [2.75, 3.05) is 0 Å². The third kappa shape index (κ3) is 7.33. The fourth-order valence-corrected chi connectivity index (χ4v) is 4.24. The van der Waals surface area contributed by atoms with E-state index in [0.717, 1.165) is 11.1 Å². The molecular weight excluding hydrogens is 432 g/mol. The number of alkyl carbamates (subject to hydrolysis) is 1. The van der Waals surface area contributed by atoms with Crippen LogP contribution >= 0.6 is 0 Å². The molecule has 7 heteroatoms. The van der Waals surface area contributed by atoms with Crippen LogP contribution in [0.15, 0.2) is 24.3 Å². The van der Waals surface area contributed by atoms with Crippen molar-refractivity contribution in [2.24, 2.45) is 17.3 Å². The molecule has 7 nitrogen and oxygen atoms in total. The van der Waals surface area contributed by atoms with Gasteiger partial charge in [0.15, 0.2) is 5.78 Å². The summed E-state index contributed by atoms with van der Waals surface area (Å²) in [6.07, 6.45) is 4.30. The van der Waals surface area contributed by atoms with E-state index in [-0.39, 0.29) is 30.6 Å². The van der Waals surface area contributed by atoms with Crippen LogP contribution in [0.4, 0.5) is 4.79 Å². The van der Waals surface area contributed by atoms with Gasteiger partial charge in [-0.05, 0) is 63.6 Å². The normalized spacial score (nSPS) is 22.3. The molecule has 0 radical (unpaired) electrons. The third-order valence-electron chi connectivity index (χ3n) is 5.99. The first-order chi connectivity index (χ1) is 15.6. The van der Waals surface area contributed by atoms with Gasteiger partial charge in [0.25, 0.3) is 0 Å². The fraction of sp³-hybridized carbons (Fsp3) is 0.593. The van der Waals surface area contributed by atoms with Gasteiger partial charge in [0.05, 0.1) is 24.1 Å². The summed E-state index contributed by atoms with van der Waals surface area (Å²) >= 11 is 0. The summed E-state index contributed by atoms with van der Waals surface area (Å²) in [5.41, 5.74) is 0.301. The Morgan fingerprint density at radius 2 is 1.59 bits per heavy atom. The number of amides is 2. The van der Waals surface area contributed by atoms with Crippen molar-refractivity contribution in [1.29, 1.82) is 0 Å². The average molecular weight is 471 g/mol. The number of ether oxygens (including phenoxy) is 1. The number of carbonyl (C=O) groups is 3. The second kappa shape index (κ2) is 10.6. The number of ketones is 1. The highest BCUT2D eigenvalue weighted by Gasteiger charge is 2.47. The zero-order valence-electron chi connectivity index (χ0n) is 21.3. The van der Waals surface area contributed by atoms with Crippen LogP contribution in [0.25, 0.3) is 0 Å². The standard InChI is InChI=1S/C27H38N2O5/c1-9-17-10-12-18(13-11-17)16(2)28-24(32)21-15-19(30)14-20(21)22(31)23(26(3,4)5)29-25(33)34-27(6,7)8/h1,10-13,16,19-21,23,30H,14-15H2,2-8H3,(H,28,32)(H,29,33)/t16-,19-,20?,21+,23+/m0/s1. The maximum absolute atomic E-state index is 13.6. The van der Waals surface area contributed by atoms with Crippen LogP contribution < -0.4 is 10.6 Å². The predicted octanol–water partition coefficient (Wildman–Crippen LogP) is 3.74.